The molecule has 0 radical (unpaired) electrons. The van der Waals surface area contributed by atoms with E-state index in [4.69, 9.17) is 10.3 Å². The van der Waals surface area contributed by atoms with Crippen molar-refractivity contribution in [1.82, 2.24) is 19.8 Å². The minimum Gasteiger partial charge on any atom is -0.356 e. The molecule has 8 nitrogen and oxygen atoms in total. The minimum absolute atomic E-state index is 0. The van der Waals surface area contributed by atoms with E-state index in [1.165, 1.54) is 12.3 Å². The van der Waals surface area contributed by atoms with E-state index in [1.54, 1.807) is 13.8 Å². The van der Waals surface area contributed by atoms with Gasteiger partial charge in [-0.15, -0.1) is 12.4 Å². The molecule has 0 amide bonds. The van der Waals surface area contributed by atoms with E-state index in [0.29, 0.717) is 18.1 Å². The SMILES string of the molecule is CC(C)NS(=O)(=O)c1c[nH]c(-c2nc(-c3ccc(CN)cc3)no2)c1.Cl. The molecule has 0 atom stereocenters. The van der Waals surface area contributed by atoms with Crippen molar-refractivity contribution in [2.75, 3.05) is 0 Å². The first-order valence-corrected chi connectivity index (χ1v) is 9.21. The van der Waals surface area contributed by atoms with Crippen LogP contribution in [-0.4, -0.2) is 29.6 Å². The standard InChI is InChI=1S/C16H19N5O3S.ClH/c1-10(2)21-25(22,23)13-7-14(18-9-13)16-19-15(20-24-16)12-5-3-11(8-17)4-6-12;/h3-7,9-10,18,21H,8,17H2,1-2H3;1H. The highest BCUT2D eigenvalue weighted by molar-refractivity contribution is 7.89. The maximum absolute atomic E-state index is 12.2. The van der Waals surface area contributed by atoms with Crippen molar-refractivity contribution in [3.05, 3.63) is 42.1 Å². The third-order valence-electron chi connectivity index (χ3n) is 3.46. The average molecular weight is 398 g/mol. The van der Waals surface area contributed by atoms with Gasteiger partial charge in [-0.25, -0.2) is 13.1 Å². The van der Waals surface area contributed by atoms with Crippen molar-refractivity contribution in [2.45, 2.75) is 31.3 Å². The van der Waals surface area contributed by atoms with Gasteiger partial charge < -0.3 is 15.2 Å². The molecule has 0 bridgehead atoms. The largest absolute Gasteiger partial charge is 0.356 e. The molecule has 0 saturated carbocycles. The molecule has 3 aromatic rings. The highest BCUT2D eigenvalue weighted by atomic mass is 35.5. The predicted octanol–water partition coefficient (Wildman–Crippen LogP) is 2.30. The lowest BCUT2D eigenvalue weighted by molar-refractivity contribution is 0.431. The van der Waals surface area contributed by atoms with E-state index in [1.807, 2.05) is 24.3 Å². The van der Waals surface area contributed by atoms with Crippen LogP contribution in [0.1, 0.15) is 19.4 Å². The van der Waals surface area contributed by atoms with Gasteiger partial charge in [0.25, 0.3) is 5.89 Å². The molecule has 2 heterocycles. The Morgan fingerprint density at radius 2 is 1.96 bits per heavy atom. The number of rotatable bonds is 6. The highest BCUT2D eigenvalue weighted by Crippen LogP contribution is 2.23. The molecular formula is C16H20ClN5O3S. The predicted molar refractivity (Wildman–Crippen MR) is 100 cm³/mol. The van der Waals surface area contributed by atoms with Gasteiger partial charge in [0, 0.05) is 24.3 Å². The number of aromatic nitrogens is 3. The summed E-state index contributed by atoms with van der Waals surface area (Å²) in [6, 6.07) is 8.75. The zero-order chi connectivity index (χ0) is 18.0. The number of halogens is 1. The lowest BCUT2D eigenvalue weighted by atomic mass is 10.1. The Kier molecular flexibility index (Phi) is 6.19. The smallest absolute Gasteiger partial charge is 0.274 e. The van der Waals surface area contributed by atoms with Gasteiger partial charge in [0.05, 0.1) is 0 Å². The number of hydrogen-bond acceptors (Lipinski definition) is 6. The molecule has 4 N–H and O–H groups in total. The lowest BCUT2D eigenvalue weighted by Gasteiger charge is -2.06. The summed E-state index contributed by atoms with van der Waals surface area (Å²) in [7, 11) is -3.58. The van der Waals surface area contributed by atoms with E-state index in [9.17, 15) is 8.42 Å². The molecule has 0 aliphatic heterocycles. The second kappa shape index (κ2) is 8.00. The van der Waals surface area contributed by atoms with Crippen LogP contribution in [0.15, 0.2) is 45.9 Å². The molecule has 10 heteroatoms. The highest BCUT2D eigenvalue weighted by Gasteiger charge is 2.20. The molecule has 0 unspecified atom stereocenters. The average Bonchev–Trinajstić information content (AvgIpc) is 3.23. The summed E-state index contributed by atoms with van der Waals surface area (Å²) >= 11 is 0. The molecule has 26 heavy (non-hydrogen) atoms. The van der Waals surface area contributed by atoms with Crippen molar-refractivity contribution >= 4 is 22.4 Å². The lowest BCUT2D eigenvalue weighted by Crippen LogP contribution is -2.29. The fourth-order valence-corrected chi connectivity index (χ4v) is 3.52. The number of hydrogen-bond donors (Lipinski definition) is 3. The summed E-state index contributed by atoms with van der Waals surface area (Å²) in [5.74, 6) is 0.627. The molecule has 3 rings (SSSR count). The first kappa shape index (κ1) is 20.1. The Morgan fingerprint density at radius 1 is 1.27 bits per heavy atom. The monoisotopic (exact) mass is 397 g/mol. The van der Waals surface area contributed by atoms with Gasteiger partial charge in [-0.3, -0.25) is 0 Å². The summed E-state index contributed by atoms with van der Waals surface area (Å²) in [5, 5.41) is 3.94. The number of nitrogens with two attached hydrogens (primary N) is 1. The zero-order valence-electron chi connectivity index (χ0n) is 14.3. The minimum atomic E-state index is -3.58. The zero-order valence-corrected chi connectivity index (χ0v) is 15.9. The van der Waals surface area contributed by atoms with Gasteiger partial charge in [0.1, 0.15) is 10.6 Å². The van der Waals surface area contributed by atoms with Crippen LogP contribution in [0.25, 0.3) is 23.0 Å². The van der Waals surface area contributed by atoms with Gasteiger partial charge in [0.15, 0.2) is 0 Å². The molecule has 1 aromatic carbocycles. The molecule has 140 valence electrons. The number of nitrogens with one attached hydrogen (secondary N) is 2. The normalized spacial score (nSPS) is 11.5. The molecule has 0 saturated heterocycles. The third-order valence-corrected chi connectivity index (χ3v) is 5.10. The number of H-pyrrole nitrogens is 1. The van der Waals surface area contributed by atoms with Gasteiger partial charge in [-0.1, -0.05) is 29.4 Å². The van der Waals surface area contributed by atoms with Crippen LogP contribution >= 0.6 is 12.4 Å². The van der Waals surface area contributed by atoms with Gasteiger partial charge in [0.2, 0.25) is 15.8 Å². The van der Waals surface area contributed by atoms with Crippen LogP contribution in [0.4, 0.5) is 0 Å². The van der Waals surface area contributed by atoms with Crippen molar-refractivity contribution in [1.29, 1.82) is 0 Å². The molecule has 0 aliphatic carbocycles. The Morgan fingerprint density at radius 3 is 2.58 bits per heavy atom. The van der Waals surface area contributed by atoms with Gasteiger partial charge in [-0.2, -0.15) is 4.98 Å². The van der Waals surface area contributed by atoms with E-state index < -0.39 is 10.0 Å². The van der Waals surface area contributed by atoms with Crippen molar-refractivity contribution in [2.24, 2.45) is 5.73 Å². The Bertz CT molecular complexity index is 964. The Balaban J connectivity index is 0.00000243. The molecule has 2 aromatic heterocycles. The maximum Gasteiger partial charge on any atom is 0.274 e. The fourth-order valence-electron chi connectivity index (χ4n) is 2.27. The van der Waals surface area contributed by atoms with E-state index in [-0.39, 0.29) is 29.2 Å². The molecule has 0 fully saturated rings. The van der Waals surface area contributed by atoms with Crippen molar-refractivity contribution in [3.63, 3.8) is 0 Å². The quantitative estimate of drug-likeness (QED) is 0.585. The Labute approximate surface area is 157 Å². The van der Waals surface area contributed by atoms with Crippen LogP contribution in [-0.2, 0) is 16.6 Å². The number of aromatic amines is 1. The topological polar surface area (TPSA) is 127 Å². The molecule has 0 aliphatic rings. The van der Waals surface area contributed by atoms with Crippen molar-refractivity contribution < 1.29 is 12.9 Å². The summed E-state index contributed by atoms with van der Waals surface area (Å²) in [5.41, 5.74) is 7.80. The summed E-state index contributed by atoms with van der Waals surface area (Å²) in [6.45, 7) is 3.97. The van der Waals surface area contributed by atoms with Crippen LogP contribution in [0, 0.1) is 0 Å². The fraction of sp³-hybridized carbons (Fsp3) is 0.250. The van der Waals surface area contributed by atoms with Crippen LogP contribution < -0.4 is 10.5 Å². The number of sulfonamides is 1. The molecule has 0 spiro atoms. The maximum atomic E-state index is 12.2. The summed E-state index contributed by atoms with van der Waals surface area (Å²) in [4.78, 5) is 7.27. The number of nitrogens with zero attached hydrogens (tertiary/aromatic N) is 2. The number of benzene rings is 1. The van der Waals surface area contributed by atoms with Crippen LogP contribution in [0.2, 0.25) is 0 Å². The first-order chi connectivity index (χ1) is 11.9. The van der Waals surface area contributed by atoms with E-state index >= 15 is 0 Å². The van der Waals surface area contributed by atoms with Crippen molar-refractivity contribution in [3.8, 4) is 23.0 Å². The van der Waals surface area contributed by atoms with Crippen LogP contribution in [0.5, 0.6) is 0 Å². The third kappa shape index (κ3) is 4.31. The van der Waals surface area contributed by atoms with Gasteiger partial charge in [-0.05, 0) is 25.5 Å². The molecular weight excluding hydrogens is 378 g/mol. The second-order valence-electron chi connectivity index (χ2n) is 5.85. The second-order valence-corrected chi connectivity index (χ2v) is 7.56. The van der Waals surface area contributed by atoms with E-state index in [2.05, 4.69) is 19.8 Å². The first-order valence-electron chi connectivity index (χ1n) is 7.73. The van der Waals surface area contributed by atoms with E-state index in [0.717, 1.165) is 11.1 Å². The Hall–Kier alpha value is -2.20. The summed E-state index contributed by atoms with van der Waals surface area (Å²) in [6.07, 6.45) is 1.39. The van der Waals surface area contributed by atoms with Crippen LogP contribution in [0.3, 0.4) is 0 Å². The summed E-state index contributed by atoms with van der Waals surface area (Å²) < 4.78 is 32.1. The van der Waals surface area contributed by atoms with Gasteiger partial charge >= 0.3 is 0 Å².